The lowest BCUT2D eigenvalue weighted by Crippen LogP contribution is -2.54. The van der Waals surface area contributed by atoms with Gasteiger partial charge in [0.2, 0.25) is 0 Å². The molecule has 1 atom stereocenters. The number of nitrogens with zero attached hydrogens (tertiary/aromatic N) is 1. The third-order valence-corrected chi connectivity index (χ3v) is 6.01. The molecule has 1 N–H and O–H groups in total. The molecule has 0 spiro atoms. The Morgan fingerprint density at radius 1 is 0.933 bits per heavy atom. The van der Waals surface area contributed by atoms with E-state index in [0.29, 0.717) is 17.0 Å². The van der Waals surface area contributed by atoms with E-state index in [4.69, 9.17) is 0 Å². The first-order chi connectivity index (χ1) is 14.5. The monoisotopic (exact) mass is 406 g/mol. The Labute approximate surface area is 180 Å². The van der Waals surface area contributed by atoms with Gasteiger partial charge in [-0.15, -0.1) is 0 Å². The van der Waals surface area contributed by atoms with E-state index >= 15 is 0 Å². The molecular formula is C26H34N2O2. The van der Waals surface area contributed by atoms with E-state index in [2.05, 4.69) is 12.3 Å². The summed E-state index contributed by atoms with van der Waals surface area (Å²) in [5, 5.41) is 1.28. The molecule has 1 aliphatic carbocycles. The minimum Gasteiger partial charge on any atom is -0.267 e. The van der Waals surface area contributed by atoms with Crippen molar-refractivity contribution in [3.05, 3.63) is 70.8 Å². The summed E-state index contributed by atoms with van der Waals surface area (Å²) >= 11 is 0. The minimum absolute atomic E-state index is 0.123. The van der Waals surface area contributed by atoms with E-state index < -0.39 is 0 Å². The van der Waals surface area contributed by atoms with Gasteiger partial charge in [-0.05, 0) is 63.3 Å². The maximum absolute atomic E-state index is 13.5. The lowest BCUT2D eigenvalue weighted by molar-refractivity contribution is 0.0444. The van der Waals surface area contributed by atoms with Crippen LogP contribution in [0.25, 0.3) is 0 Å². The molecule has 160 valence electrons. The molecule has 4 heteroatoms. The van der Waals surface area contributed by atoms with Crippen LogP contribution >= 0.6 is 0 Å². The van der Waals surface area contributed by atoms with Crippen LogP contribution in [-0.2, 0) is 0 Å². The predicted octanol–water partition coefficient (Wildman–Crippen LogP) is 5.84. The normalized spacial score (nSPS) is 15.6. The minimum atomic E-state index is -0.295. The summed E-state index contributed by atoms with van der Waals surface area (Å²) in [6.45, 7) is 6.11. The van der Waals surface area contributed by atoms with Crippen LogP contribution in [0.3, 0.4) is 0 Å². The fourth-order valence-corrected chi connectivity index (χ4v) is 4.57. The largest absolute Gasteiger partial charge is 0.275 e. The second-order valence-corrected chi connectivity index (χ2v) is 8.61. The number of nitrogens with one attached hydrogen (secondary N) is 1. The van der Waals surface area contributed by atoms with Crippen molar-refractivity contribution in [2.75, 3.05) is 0 Å². The molecule has 2 aromatic rings. The molecule has 30 heavy (non-hydrogen) atoms. The zero-order valence-electron chi connectivity index (χ0n) is 18.5. The molecule has 4 nitrogen and oxygen atoms in total. The van der Waals surface area contributed by atoms with Gasteiger partial charge in [-0.25, -0.2) is 10.4 Å². The number of benzene rings is 2. The van der Waals surface area contributed by atoms with Crippen molar-refractivity contribution in [3.63, 3.8) is 0 Å². The Morgan fingerprint density at radius 3 is 2.13 bits per heavy atom. The average Bonchev–Trinajstić information content (AvgIpc) is 2.76. The first kappa shape index (κ1) is 22.2. The summed E-state index contributed by atoms with van der Waals surface area (Å²) in [5.41, 5.74) is 6.49. The van der Waals surface area contributed by atoms with Crippen LogP contribution in [0.4, 0.5) is 0 Å². The highest BCUT2D eigenvalue weighted by atomic mass is 16.2. The standard InChI is InChI=1S/C26H34N2O2/c1-4-11-24(21-12-7-5-8-13-21)27-28(25(29)22-14-9-6-10-15-22)26(30)23-17-19(2)16-20(3)18-23/h6,9-10,14-18,21,24,27H,4-5,7-8,11-13H2,1-3H3/t24-/m0/s1. The molecule has 0 aliphatic heterocycles. The molecule has 0 aromatic heterocycles. The van der Waals surface area contributed by atoms with E-state index in [1.807, 2.05) is 50.2 Å². The zero-order chi connectivity index (χ0) is 21.5. The molecule has 1 fully saturated rings. The zero-order valence-corrected chi connectivity index (χ0v) is 18.5. The number of imide groups is 1. The average molecular weight is 407 g/mol. The summed E-state index contributed by atoms with van der Waals surface area (Å²) in [6.07, 6.45) is 8.01. The van der Waals surface area contributed by atoms with E-state index in [1.54, 1.807) is 12.1 Å². The van der Waals surface area contributed by atoms with Crippen LogP contribution in [0.5, 0.6) is 0 Å². The first-order valence-electron chi connectivity index (χ1n) is 11.3. The van der Waals surface area contributed by atoms with Crippen molar-refractivity contribution in [1.82, 2.24) is 10.4 Å². The number of hydrogen-bond acceptors (Lipinski definition) is 3. The summed E-state index contributed by atoms with van der Waals surface area (Å²) in [5.74, 6) is -0.0824. The molecule has 2 amide bonds. The molecule has 3 rings (SSSR count). The molecule has 0 heterocycles. The quantitative estimate of drug-likeness (QED) is 0.464. The van der Waals surface area contributed by atoms with E-state index in [0.717, 1.165) is 36.8 Å². The summed E-state index contributed by atoms with van der Waals surface area (Å²) < 4.78 is 0. The fourth-order valence-electron chi connectivity index (χ4n) is 4.57. The van der Waals surface area contributed by atoms with Gasteiger partial charge in [0.05, 0.1) is 0 Å². The van der Waals surface area contributed by atoms with Crippen LogP contribution in [0.15, 0.2) is 48.5 Å². The highest BCUT2D eigenvalue weighted by Crippen LogP contribution is 2.29. The van der Waals surface area contributed by atoms with Crippen molar-refractivity contribution < 1.29 is 9.59 Å². The van der Waals surface area contributed by atoms with E-state index in [-0.39, 0.29) is 17.9 Å². The van der Waals surface area contributed by atoms with Gasteiger partial charge < -0.3 is 0 Å². The van der Waals surface area contributed by atoms with Gasteiger partial charge in [-0.3, -0.25) is 9.59 Å². The Balaban J connectivity index is 1.93. The van der Waals surface area contributed by atoms with Gasteiger partial charge in [0.1, 0.15) is 0 Å². The number of carbonyl (C=O) groups excluding carboxylic acids is 2. The number of hydrogen-bond donors (Lipinski definition) is 1. The van der Waals surface area contributed by atoms with Crippen LogP contribution in [0, 0.1) is 19.8 Å². The number of amides is 2. The Morgan fingerprint density at radius 2 is 1.53 bits per heavy atom. The summed E-state index contributed by atoms with van der Waals surface area (Å²) in [4.78, 5) is 26.9. The Kier molecular flexibility index (Phi) is 7.81. The van der Waals surface area contributed by atoms with Crippen LogP contribution in [0.2, 0.25) is 0 Å². The van der Waals surface area contributed by atoms with Gasteiger partial charge in [0, 0.05) is 17.2 Å². The Hall–Kier alpha value is -2.46. The van der Waals surface area contributed by atoms with Crippen LogP contribution in [-0.4, -0.2) is 22.9 Å². The fraction of sp³-hybridized carbons (Fsp3) is 0.462. The van der Waals surface area contributed by atoms with Gasteiger partial charge >= 0.3 is 0 Å². The lowest BCUT2D eigenvalue weighted by atomic mass is 9.82. The van der Waals surface area contributed by atoms with E-state index in [9.17, 15) is 9.59 Å². The number of aryl methyl sites for hydroxylation is 2. The van der Waals surface area contributed by atoms with Crippen molar-refractivity contribution in [2.24, 2.45) is 5.92 Å². The first-order valence-corrected chi connectivity index (χ1v) is 11.3. The molecule has 0 bridgehead atoms. The van der Waals surface area contributed by atoms with Crippen molar-refractivity contribution >= 4 is 11.8 Å². The van der Waals surface area contributed by atoms with Gasteiger partial charge in [-0.2, -0.15) is 0 Å². The molecule has 0 unspecified atom stereocenters. The van der Waals surface area contributed by atoms with Gasteiger partial charge in [0.25, 0.3) is 11.8 Å². The summed E-state index contributed by atoms with van der Waals surface area (Å²) in [6, 6.07) is 14.9. The highest BCUT2D eigenvalue weighted by molar-refractivity contribution is 6.10. The number of hydrazine groups is 1. The number of rotatable bonds is 7. The maximum Gasteiger partial charge on any atom is 0.275 e. The van der Waals surface area contributed by atoms with Gasteiger partial charge in [-0.1, -0.05) is 68.0 Å². The highest BCUT2D eigenvalue weighted by Gasteiger charge is 2.31. The van der Waals surface area contributed by atoms with Crippen molar-refractivity contribution in [1.29, 1.82) is 0 Å². The van der Waals surface area contributed by atoms with Crippen molar-refractivity contribution in [2.45, 2.75) is 71.8 Å². The topological polar surface area (TPSA) is 49.4 Å². The molecule has 2 aromatic carbocycles. The van der Waals surface area contributed by atoms with Crippen LogP contribution < -0.4 is 5.43 Å². The van der Waals surface area contributed by atoms with Crippen molar-refractivity contribution in [3.8, 4) is 0 Å². The number of carbonyl (C=O) groups is 2. The Bertz CT molecular complexity index is 836. The smallest absolute Gasteiger partial charge is 0.267 e. The molecular weight excluding hydrogens is 372 g/mol. The maximum atomic E-state index is 13.5. The SMILES string of the molecule is CCC[C@H](NN(C(=O)c1ccccc1)C(=O)c1cc(C)cc(C)c1)C1CCCCC1. The second-order valence-electron chi connectivity index (χ2n) is 8.61. The molecule has 1 saturated carbocycles. The van der Waals surface area contributed by atoms with Crippen LogP contribution in [0.1, 0.15) is 83.7 Å². The predicted molar refractivity (Wildman–Crippen MR) is 121 cm³/mol. The lowest BCUT2D eigenvalue weighted by Gasteiger charge is -2.35. The summed E-state index contributed by atoms with van der Waals surface area (Å²) in [7, 11) is 0. The van der Waals surface area contributed by atoms with E-state index in [1.165, 1.54) is 24.3 Å². The molecule has 0 saturated heterocycles. The third-order valence-electron chi connectivity index (χ3n) is 6.01. The third kappa shape index (κ3) is 5.57. The second kappa shape index (κ2) is 10.5. The van der Waals surface area contributed by atoms with Gasteiger partial charge in [0.15, 0.2) is 0 Å². The molecule has 0 radical (unpaired) electrons. The molecule has 1 aliphatic rings.